The summed E-state index contributed by atoms with van der Waals surface area (Å²) >= 11 is 0. The number of sulfone groups is 1. The van der Waals surface area contributed by atoms with E-state index in [0.29, 0.717) is 18.9 Å². The van der Waals surface area contributed by atoms with Crippen molar-refractivity contribution in [2.45, 2.75) is 57.2 Å². The van der Waals surface area contributed by atoms with Crippen LogP contribution in [0.4, 0.5) is 0 Å². The molecule has 0 radical (unpaired) electrons. The molecule has 104 valence electrons. The standard InChI is InChI=1S/C13H23NO3S/c1-10-11(2)18(16,17)8-7-14(10)13(15)9-12-5-3-4-6-12/h10-12H,3-9H2,1-2H3. The molecule has 18 heavy (non-hydrogen) atoms. The molecule has 2 unspecified atom stereocenters. The van der Waals surface area contributed by atoms with Crippen molar-refractivity contribution in [3.63, 3.8) is 0 Å². The minimum absolute atomic E-state index is 0.120. The molecule has 0 bridgehead atoms. The van der Waals surface area contributed by atoms with Gasteiger partial charge in [0.2, 0.25) is 5.91 Å². The number of rotatable bonds is 2. The van der Waals surface area contributed by atoms with Gasteiger partial charge >= 0.3 is 0 Å². The van der Waals surface area contributed by atoms with Crippen LogP contribution in [0.15, 0.2) is 0 Å². The second kappa shape index (κ2) is 5.19. The molecule has 1 saturated carbocycles. The average molecular weight is 273 g/mol. The van der Waals surface area contributed by atoms with E-state index in [1.54, 1.807) is 11.8 Å². The maximum absolute atomic E-state index is 12.3. The fraction of sp³-hybridized carbons (Fsp3) is 0.923. The second-order valence-electron chi connectivity index (χ2n) is 5.75. The smallest absolute Gasteiger partial charge is 0.223 e. The molecule has 0 aromatic rings. The maximum Gasteiger partial charge on any atom is 0.223 e. The van der Waals surface area contributed by atoms with Gasteiger partial charge < -0.3 is 4.90 Å². The topological polar surface area (TPSA) is 54.5 Å². The van der Waals surface area contributed by atoms with Crippen LogP contribution in [0.25, 0.3) is 0 Å². The average Bonchev–Trinajstić information content (AvgIpc) is 2.78. The summed E-state index contributed by atoms with van der Waals surface area (Å²) in [6.07, 6.45) is 5.39. The van der Waals surface area contributed by atoms with Gasteiger partial charge in [-0.15, -0.1) is 0 Å². The highest BCUT2D eigenvalue weighted by Gasteiger charge is 2.38. The zero-order valence-corrected chi connectivity index (χ0v) is 12.1. The van der Waals surface area contributed by atoms with Gasteiger partial charge in [0.1, 0.15) is 0 Å². The molecule has 4 nitrogen and oxygen atoms in total. The quantitative estimate of drug-likeness (QED) is 0.768. The Morgan fingerprint density at radius 3 is 2.44 bits per heavy atom. The number of carbonyl (C=O) groups excluding carboxylic acids is 1. The molecule has 1 saturated heterocycles. The van der Waals surface area contributed by atoms with E-state index in [1.165, 1.54) is 12.8 Å². The number of hydrogen-bond donors (Lipinski definition) is 0. The zero-order chi connectivity index (χ0) is 13.3. The van der Waals surface area contributed by atoms with Crippen LogP contribution >= 0.6 is 0 Å². The van der Waals surface area contributed by atoms with E-state index >= 15 is 0 Å². The van der Waals surface area contributed by atoms with Gasteiger partial charge in [0, 0.05) is 19.0 Å². The maximum atomic E-state index is 12.3. The van der Waals surface area contributed by atoms with Gasteiger partial charge in [0.25, 0.3) is 0 Å². The SMILES string of the molecule is CC1C(C)S(=O)(=O)CCN1C(=O)CC1CCCC1. The molecule has 2 rings (SSSR count). The lowest BCUT2D eigenvalue weighted by molar-refractivity contribution is -0.134. The lowest BCUT2D eigenvalue weighted by atomic mass is 10.0. The summed E-state index contributed by atoms with van der Waals surface area (Å²) < 4.78 is 23.5. The van der Waals surface area contributed by atoms with Gasteiger partial charge in [-0.1, -0.05) is 12.8 Å². The molecule has 2 atom stereocenters. The highest BCUT2D eigenvalue weighted by Crippen LogP contribution is 2.29. The van der Waals surface area contributed by atoms with Crippen molar-refractivity contribution in [1.82, 2.24) is 4.90 Å². The summed E-state index contributed by atoms with van der Waals surface area (Å²) in [6, 6.07) is -0.183. The van der Waals surface area contributed by atoms with Gasteiger partial charge in [-0.2, -0.15) is 0 Å². The monoisotopic (exact) mass is 273 g/mol. The first-order valence-corrected chi connectivity index (χ1v) is 8.64. The van der Waals surface area contributed by atoms with E-state index in [4.69, 9.17) is 0 Å². The third kappa shape index (κ3) is 2.71. The molecule has 0 aromatic carbocycles. The number of carbonyl (C=O) groups is 1. The Morgan fingerprint density at radius 2 is 1.83 bits per heavy atom. The normalized spacial score (nSPS) is 32.7. The zero-order valence-electron chi connectivity index (χ0n) is 11.3. The van der Waals surface area contributed by atoms with Crippen molar-refractivity contribution in [3.8, 4) is 0 Å². The largest absolute Gasteiger partial charge is 0.338 e. The first kappa shape index (κ1) is 13.8. The molecule has 2 aliphatic rings. The molecule has 2 fully saturated rings. The number of nitrogens with zero attached hydrogens (tertiary/aromatic N) is 1. The molecular formula is C13H23NO3S. The third-order valence-electron chi connectivity index (χ3n) is 4.61. The summed E-state index contributed by atoms with van der Waals surface area (Å²) in [5.74, 6) is 0.796. The van der Waals surface area contributed by atoms with E-state index < -0.39 is 15.1 Å². The van der Waals surface area contributed by atoms with E-state index in [0.717, 1.165) is 12.8 Å². The molecule has 0 spiro atoms. The number of hydrogen-bond acceptors (Lipinski definition) is 3. The van der Waals surface area contributed by atoms with Crippen molar-refractivity contribution in [3.05, 3.63) is 0 Å². The second-order valence-corrected chi connectivity index (χ2v) is 8.23. The highest BCUT2D eigenvalue weighted by atomic mass is 32.2. The Morgan fingerprint density at radius 1 is 1.22 bits per heavy atom. The van der Waals surface area contributed by atoms with Gasteiger partial charge in [-0.05, 0) is 32.6 Å². The van der Waals surface area contributed by atoms with E-state index in [9.17, 15) is 13.2 Å². The molecule has 1 heterocycles. The van der Waals surface area contributed by atoms with Crippen LogP contribution in [0.5, 0.6) is 0 Å². The van der Waals surface area contributed by atoms with Crippen LogP contribution in [-0.4, -0.2) is 42.8 Å². The third-order valence-corrected chi connectivity index (χ3v) is 6.89. The number of amides is 1. The first-order valence-electron chi connectivity index (χ1n) is 6.93. The molecule has 1 amide bonds. The Kier molecular flexibility index (Phi) is 3.99. The first-order chi connectivity index (χ1) is 8.42. The fourth-order valence-corrected chi connectivity index (χ4v) is 4.67. The van der Waals surface area contributed by atoms with Crippen LogP contribution in [0.3, 0.4) is 0 Å². The van der Waals surface area contributed by atoms with E-state index in [-0.39, 0.29) is 17.7 Å². The van der Waals surface area contributed by atoms with Crippen molar-refractivity contribution in [1.29, 1.82) is 0 Å². The minimum atomic E-state index is -3.00. The van der Waals surface area contributed by atoms with E-state index in [2.05, 4.69) is 0 Å². The van der Waals surface area contributed by atoms with Gasteiger partial charge in [0.15, 0.2) is 9.84 Å². The van der Waals surface area contributed by atoms with Gasteiger partial charge in [-0.25, -0.2) is 8.42 Å². The van der Waals surface area contributed by atoms with Crippen molar-refractivity contribution in [2.75, 3.05) is 12.3 Å². The van der Waals surface area contributed by atoms with Crippen molar-refractivity contribution < 1.29 is 13.2 Å². The van der Waals surface area contributed by atoms with Gasteiger partial charge in [0.05, 0.1) is 11.0 Å². The molecule has 0 aromatic heterocycles. The lowest BCUT2D eigenvalue weighted by Crippen LogP contribution is -2.54. The summed E-state index contributed by atoms with van der Waals surface area (Å²) in [6.45, 7) is 3.95. The molecule has 5 heteroatoms. The molecule has 1 aliphatic carbocycles. The molecule has 1 aliphatic heterocycles. The van der Waals surface area contributed by atoms with Crippen LogP contribution < -0.4 is 0 Å². The van der Waals surface area contributed by atoms with Crippen LogP contribution in [-0.2, 0) is 14.6 Å². The predicted octanol–water partition coefficient (Wildman–Crippen LogP) is 1.60. The predicted molar refractivity (Wildman–Crippen MR) is 71.0 cm³/mol. The fourth-order valence-electron chi connectivity index (χ4n) is 3.10. The van der Waals surface area contributed by atoms with Crippen LogP contribution in [0.1, 0.15) is 46.0 Å². The van der Waals surface area contributed by atoms with Crippen molar-refractivity contribution in [2.24, 2.45) is 5.92 Å². The minimum Gasteiger partial charge on any atom is -0.338 e. The summed E-state index contributed by atoms with van der Waals surface area (Å²) in [5.41, 5.74) is 0. The Labute approximate surface area is 110 Å². The summed E-state index contributed by atoms with van der Waals surface area (Å²) in [7, 11) is -3.00. The van der Waals surface area contributed by atoms with Crippen molar-refractivity contribution >= 4 is 15.7 Å². The van der Waals surface area contributed by atoms with Crippen LogP contribution in [0.2, 0.25) is 0 Å². The summed E-state index contributed by atoms with van der Waals surface area (Å²) in [4.78, 5) is 14.0. The van der Waals surface area contributed by atoms with Crippen LogP contribution in [0, 0.1) is 5.92 Å². The Bertz CT molecular complexity index is 412. The lowest BCUT2D eigenvalue weighted by Gasteiger charge is -2.38. The Balaban J connectivity index is 1.98. The molecular weight excluding hydrogens is 250 g/mol. The van der Waals surface area contributed by atoms with E-state index in [1.807, 2.05) is 6.92 Å². The Hall–Kier alpha value is -0.580. The summed E-state index contributed by atoms with van der Waals surface area (Å²) in [5, 5.41) is -0.432. The highest BCUT2D eigenvalue weighted by molar-refractivity contribution is 7.92. The molecule has 0 N–H and O–H groups in total. The van der Waals surface area contributed by atoms with Gasteiger partial charge in [-0.3, -0.25) is 4.79 Å².